The van der Waals surface area contributed by atoms with E-state index in [1.54, 1.807) is 32.6 Å². The fourth-order valence-electron chi connectivity index (χ4n) is 6.95. The van der Waals surface area contributed by atoms with Gasteiger partial charge in [-0.05, 0) is 68.7 Å². The summed E-state index contributed by atoms with van der Waals surface area (Å²) in [5.74, 6) is -1.39. The predicted octanol–water partition coefficient (Wildman–Crippen LogP) is 4.26. The minimum Gasteiger partial charge on any atom is -0.458 e. The maximum Gasteiger partial charge on any atom is 0.344 e. The highest BCUT2D eigenvalue weighted by Crippen LogP contribution is 2.52. The summed E-state index contributed by atoms with van der Waals surface area (Å²) in [7, 11) is -3.39. The van der Waals surface area contributed by atoms with Crippen molar-refractivity contribution in [3.05, 3.63) is 51.0 Å². The molecule has 0 radical (unpaired) electrons. The lowest BCUT2D eigenvalue weighted by atomic mass is 9.78. The molecule has 41 heavy (non-hydrogen) atoms. The molecule has 220 valence electrons. The lowest BCUT2D eigenvalue weighted by Crippen LogP contribution is -2.51. The fraction of sp³-hybridized carbons (Fsp3) is 0.552. The van der Waals surface area contributed by atoms with Crippen LogP contribution in [0.5, 0.6) is 0 Å². The van der Waals surface area contributed by atoms with Crippen molar-refractivity contribution in [1.82, 2.24) is 15.2 Å². The first-order valence-electron chi connectivity index (χ1n) is 14.3. The molecule has 6 rings (SSSR count). The summed E-state index contributed by atoms with van der Waals surface area (Å²) in [6.07, 6.45) is 1.52. The van der Waals surface area contributed by atoms with E-state index in [-0.39, 0.29) is 63.3 Å². The molecule has 4 heterocycles. The van der Waals surface area contributed by atoms with Gasteiger partial charge >= 0.3 is 13.6 Å². The molecule has 1 aliphatic carbocycles. The normalized spacial score (nSPS) is 25.4. The Labute approximate surface area is 237 Å². The van der Waals surface area contributed by atoms with Crippen molar-refractivity contribution in [1.29, 1.82) is 0 Å². The van der Waals surface area contributed by atoms with Crippen molar-refractivity contribution >= 4 is 30.4 Å². The van der Waals surface area contributed by atoms with Crippen molar-refractivity contribution < 1.29 is 37.4 Å². The van der Waals surface area contributed by atoms with E-state index in [9.17, 15) is 19.3 Å². The van der Waals surface area contributed by atoms with Gasteiger partial charge in [0.15, 0.2) is 5.60 Å². The van der Waals surface area contributed by atoms with Crippen LogP contribution in [-0.2, 0) is 40.9 Å². The molecule has 0 saturated heterocycles. The molecule has 3 atom stereocenters. The van der Waals surface area contributed by atoms with Gasteiger partial charge in [0.2, 0.25) is 0 Å². The second-order valence-electron chi connectivity index (χ2n) is 11.0. The second kappa shape index (κ2) is 10.2. The van der Waals surface area contributed by atoms with E-state index in [4.69, 9.17) is 18.8 Å². The predicted molar refractivity (Wildman–Crippen MR) is 147 cm³/mol. The van der Waals surface area contributed by atoms with Crippen molar-refractivity contribution in [3.8, 4) is 0 Å². The highest BCUT2D eigenvalue weighted by atomic mass is 31.2. The third kappa shape index (κ3) is 4.28. The van der Waals surface area contributed by atoms with Gasteiger partial charge in [0, 0.05) is 29.6 Å². The molecule has 4 aliphatic rings. The third-order valence-electron chi connectivity index (χ3n) is 8.99. The summed E-state index contributed by atoms with van der Waals surface area (Å²) in [6, 6.07) is 0.649. The number of cyclic esters (lactones) is 1. The van der Waals surface area contributed by atoms with Gasteiger partial charge in [-0.1, -0.05) is 6.92 Å². The van der Waals surface area contributed by atoms with Crippen molar-refractivity contribution in [2.24, 2.45) is 0 Å². The molecule has 0 spiro atoms. The van der Waals surface area contributed by atoms with Gasteiger partial charge < -0.3 is 23.8 Å². The van der Waals surface area contributed by atoms with Gasteiger partial charge in [0.25, 0.3) is 5.91 Å². The number of ether oxygens (including phenoxy) is 1. The highest BCUT2D eigenvalue weighted by molar-refractivity contribution is 7.53. The Morgan fingerprint density at radius 3 is 2.66 bits per heavy atom. The van der Waals surface area contributed by atoms with Crippen LogP contribution in [0.4, 0.5) is 4.39 Å². The number of fused-ring (bicyclic) bond motifs is 4. The van der Waals surface area contributed by atoms with E-state index in [1.807, 2.05) is 0 Å². The highest BCUT2D eigenvalue weighted by Gasteiger charge is 2.53. The SMILES string of the molecule is CCOP(=O)(CN[C@H]1CCc2c(C)c(F)cc3nc4c(c1c23)CN1C(=O)C2=C(CC41)[C@@](O)(CC)C(=O)OC2)OCC. The van der Waals surface area contributed by atoms with Crippen molar-refractivity contribution in [2.45, 2.75) is 77.6 Å². The zero-order valence-electron chi connectivity index (χ0n) is 23.7. The monoisotopic (exact) mass is 587 g/mol. The van der Waals surface area contributed by atoms with Crippen LogP contribution in [0.1, 0.15) is 80.1 Å². The average Bonchev–Trinajstić information content (AvgIpc) is 3.32. The van der Waals surface area contributed by atoms with Gasteiger partial charge in [0.1, 0.15) is 12.4 Å². The molecule has 1 aromatic carbocycles. The first kappa shape index (κ1) is 28.4. The Bertz CT molecular complexity index is 1550. The molecule has 12 heteroatoms. The van der Waals surface area contributed by atoms with E-state index in [2.05, 4.69) is 5.32 Å². The maximum atomic E-state index is 15.1. The standard InChI is InChI=1S/C29H35FN3O7P/c1-5-29(36)19-10-23-26-17(12-33(23)27(34)18(19)13-38-28(29)35)25-21(31-14-41(37,39-6-2)40-7-3)9-8-16-15(4)20(30)11-22(32-26)24(16)25/h11,21,23,31,36H,5-10,12-14H2,1-4H3/t21-,23?,29-/m0/s1. The van der Waals surface area contributed by atoms with Gasteiger partial charge in [-0.3, -0.25) is 19.7 Å². The molecule has 0 fully saturated rings. The number of aromatic nitrogens is 1. The number of benzene rings is 1. The number of halogens is 1. The Morgan fingerprint density at radius 1 is 1.24 bits per heavy atom. The Hall–Kier alpha value is -2.69. The molecule has 1 aromatic heterocycles. The number of pyridine rings is 1. The topological polar surface area (TPSA) is 127 Å². The number of rotatable bonds is 8. The molecule has 10 nitrogen and oxygen atoms in total. The van der Waals surface area contributed by atoms with Crippen LogP contribution in [0.15, 0.2) is 17.2 Å². The van der Waals surface area contributed by atoms with Gasteiger partial charge in [-0.15, -0.1) is 0 Å². The molecule has 1 unspecified atom stereocenters. The average molecular weight is 588 g/mol. The number of carbonyl (C=O) groups is 2. The zero-order valence-corrected chi connectivity index (χ0v) is 24.6. The van der Waals surface area contributed by atoms with Gasteiger partial charge in [-0.25, -0.2) is 9.18 Å². The number of hydrogen-bond acceptors (Lipinski definition) is 9. The largest absolute Gasteiger partial charge is 0.458 e. The van der Waals surface area contributed by atoms with Crippen LogP contribution in [0.3, 0.4) is 0 Å². The third-order valence-corrected chi connectivity index (χ3v) is 10.9. The molecular formula is C29H35FN3O7P. The van der Waals surface area contributed by atoms with E-state index < -0.39 is 25.2 Å². The number of hydrogen-bond donors (Lipinski definition) is 2. The Balaban J connectivity index is 1.47. The van der Waals surface area contributed by atoms with Crippen LogP contribution in [-0.4, -0.2) is 58.6 Å². The summed E-state index contributed by atoms with van der Waals surface area (Å²) < 4.78 is 44.6. The van der Waals surface area contributed by atoms with Crippen LogP contribution in [0, 0.1) is 12.7 Å². The molecule has 1 amide bonds. The summed E-state index contributed by atoms with van der Waals surface area (Å²) in [4.78, 5) is 33.0. The molecule has 2 N–H and O–H groups in total. The van der Waals surface area contributed by atoms with Crippen LogP contribution >= 0.6 is 7.60 Å². The van der Waals surface area contributed by atoms with E-state index in [0.717, 1.165) is 22.1 Å². The quantitative estimate of drug-likeness (QED) is 0.344. The molecule has 2 aromatic rings. The minimum atomic E-state index is -3.39. The van der Waals surface area contributed by atoms with E-state index >= 15 is 4.39 Å². The number of nitrogens with zero attached hydrogens (tertiary/aromatic N) is 2. The lowest BCUT2D eigenvalue weighted by molar-refractivity contribution is -0.165. The lowest BCUT2D eigenvalue weighted by Gasteiger charge is -2.41. The number of carbonyl (C=O) groups excluding carboxylic acids is 2. The minimum absolute atomic E-state index is 0.00163. The molecule has 0 saturated carbocycles. The van der Waals surface area contributed by atoms with Crippen molar-refractivity contribution in [3.63, 3.8) is 0 Å². The Kier molecular flexibility index (Phi) is 7.10. The van der Waals surface area contributed by atoms with Gasteiger partial charge in [-0.2, -0.15) is 0 Å². The van der Waals surface area contributed by atoms with Crippen LogP contribution < -0.4 is 5.32 Å². The van der Waals surface area contributed by atoms with Gasteiger partial charge in [0.05, 0.1) is 42.3 Å². The smallest absolute Gasteiger partial charge is 0.344 e. The molecular weight excluding hydrogens is 552 g/mol. The number of esters is 1. The Morgan fingerprint density at radius 2 is 1.98 bits per heavy atom. The summed E-state index contributed by atoms with van der Waals surface area (Å²) in [5, 5.41) is 15.5. The first-order valence-corrected chi connectivity index (χ1v) is 16.0. The summed E-state index contributed by atoms with van der Waals surface area (Å²) in [5.41, 5.74) is 3.16. The maximum absolute atomic E-state index is 15.1. The van der Waals surface area contributed by atoms with Crippen LogP contribution in [0.25, 0.3) is 10.9 Å². The second-order valence-corrected chi connectivity index (χ2v) is 13.1. The van der Waals surface area contributed by atoms with Crippen LogP contribution in [0.2, 0.25) is 0 Å². The summed E-state index contributed by atoms with van der Waals surface area (Å²) >= 11 is 0. The number of aliphatic hydroxyl groups is 1. The molecule has 0 bridgehead atoms. The van der Waals surface area contributed by atoms with Crippen molar-refractivity contribution in [2.75, 3.05) is 26.1 Å². The number of amides is 1. The number of nitrogens with one attached hydrogen (secondary N) is 1. The first-order chi connectivity index (χ1) is 19.6. The molecule has 3 aliphatic heterocycles. The number of aryl methyl sites for hydroxylation is 1. The fourth-order valence-corrected chi connectivity index (χ4v) is 8.44. The van der Waals surface area contributed by atoms with E-state index in [0.29, 0.717) is 40.8 Å². The zero-order chi connectivity index (χ0) is 29.3. The summed E-state index contributed by atoms with van der Waals surface area (Å²) in [6.45, 7) is 7.55. The van der Waals surface area contributed by atoms with E-state index in [1.165, 1.54) is 6.07 Å².